The Balaban J connectivity index is 1.51. The van der Waals surface area contributed by atoms with Gasteiger partial charge in [-0.05, 0) is 62.9 Å². The molecular weight excluding hydrogens is 298 g/mol. The fourth-order valence-corrected chi connectivity index (χ4v) is 4.26. The zero-order chi connectivity index (χ0) is 15.2. The van der Waals surface area contributed by atoms with E-state index in [2.05, 4.69) is 28.1 Å². The highest BCUT2D eigenvalue weighted by molar-refractivity contribution is 6.32. The van der Waals surface area contributed by atoms with Crippen molar-refractivity contribution >= 4 is 22.5 Å². The number of H-pyrrole nitrogens is 1. The summed E-state index contributed by atoms with van der Waals surface area (Å²) in [6.45, 7) is 6.37. The molecule has 118 valence electrons. The molecule has 1 atom stereocenters. The molecule has 1 N–H and O–H groups in total. The van der Waals surface area contributed by atoms with Crippen LogP contribution in [0.5, 0.6) is 0 Å². The SMILES string of the molecule is CC1(N2CCC(c3cc4[nH]ncc4cc3Cl)CC2)CCOC1. The molecule has 2 aromatic rings. The number of likely N-dealkylation sites (tertiary alicyclic amines) is 1. The smallest absolute Gasteiger partial charge is 0.0654 e. The number of piperidine rings is 1. The molecule has 1 unspecified atom stereocenters. The number of halogens is 1. The van der Waals surface area contributed by atoms with Crippen LogP contribution >= 0.6 is 11.6 Å². The highest BCUT2D eigenvalue weighted by atomic mass is 35.5. The van der Waals surface area contributed by atoms with Crippen molar-refractivity contribution in [3.05, 3.63) is 28.9 Å². The standard InChI is InChI=1S/C17H22ClN3O/c1-17(4-7-22-11-17)21-5-2-12(3-6-21)14-9-16-13(8-15(14)18)10-19-20-16/h8-10,12H,2-7,11H2,1H3,(H,19,20). The van der Waals surface area contributed by atoms with Gasteiger partial charge in [0.2, 0.25) is 0 Å². The van der Waals surface area contributed by atoms with Crippen LogP contribution in [0.1, 0.15) is 37.7 Å². The molecule has 2 saturated heterocycles. The molecule has 0 amide bonds. The maximum atomic E-state index is 6.51. The first-order valence-corrected chi connectivity index (χ1v) is 8.49. The Morgan fingerprint density at radius 1 is 1.36 bits per heavy atom. The Morgan fingerprint density at radius 3 is 2.91 bits per heavy atom. The van der Waals surface area contributed by atoms with E-state index in [1.165, 1.54) is 5.56 Å². The lowest BCUT2D eigenvalue weighted by Crippen LogP contribution is -2.50. The summed E-state index contributed by atoms with van der Waals surface area (Å²) in [4.78, 5) is 2.61. The third-order valence-electron chi connectivity index (χ3n) is 5.45. The van der Waals surface area contributed by atoms with Crippen LogP contribution < -0.4 is 0 Å². The summed E-state index contributed by atoms with van der Waals surface area (Å²) in [5.41, 5.74) is 2.59. The number of rotatable bonds is 2. The van der Waals surface area contributed by atoms with Gasteiger partial charge >= 0.3 is 0 Å². The van der Waals surface area contributed by atoms with Crippen molar-refractivity contribution in [1.29, 1.82) is 0 Å². The molecule has 0 spiro atoms. The van der Waals surface area contributed by atoms with Crippen molar-refractivity contribution < 1.29 is 4.74 Å². The Hall–Kier alpha value is -1.10. The van der Waals surface area contributed by atoms with Gasteiger partial charge in [0, 0.05) is 22.6 Å². The van der Waals surface area contributed by atoms with Gasteiger partial charge in [0.1, 0.15) is 0 Å². The van der Waals surface area contributed by atoms with Crippen molar-refractivity contribution in [2.45, 2.75) is 37.6 Å². The molecule has 2 aliphatic heterocycles. The van der Waals surface area contributed by atoms with Crippen LogP contribution in [0.4, 0.5) is 0 Å². The van der Waals surface area contributed by atoms with Gasteiger partial charge in [0.05, 0.1) is 18.3 Å². The first-order valence-electron chi connectivity index (χ1n) is 8.11. The average Bonchev–Trinajstić information content (AvgIpc) is 3.16. The predicted octanol–water partition coefficient (Wildman–Crippen LogP) is 3.57. The second-order valence-corrected chi connectivity index (χ2v) is 7.30. The Bertz CT molecular complexity index is 670. The van der Waals surface area contributed by atoms with Crippen LogP contribution in [0.2, 0.25) is 5.02 Å². The Morgan fingerprint density at radius 2 is 2.18 bits per heavy atom. The summed E-state index contributed by atoms with van der Waals surface area (Å²) in [5, 5.41) is 9.11. The largest absolute Gasteiger partial charge is 0.379 e. The van der Waals surface area contributed by atoms with E-state index in [0.717, 1.165) is 61.5 Å². The number of hydrogen-bond acceptors (Lipinski definition) is 3. The molecular formula is C17H22ClN3O. The van der Waals surface area contributed by atoms with Gasteiger partial charge in [-0.25, -0.2) is 0 Å². The molecule has 0 bridgehead atoms. The summed E-state index contributed by atoms with van der Waals surface area (Å²) in [5.74, 6) is 0.544. The maximum absolute atomic E-state index is 6.51. The lowest BCUT2D eigenvalue weighted by molar-refractivity contribution is 0.0582. The molecule has 1 aromatic carbocycles. The van der Waals surface area contributed by atoms with E-state index in [-0.39, 0.29) is 5.54 Å². The quantitative estimate of drug-likeness (QED) is 0.920. The summed E-state index contributed by atoms with van der Waals surface area (Å²) in [6.07, 6.45) is 5.30. The van der Waals surface area contributed by atoms with Gasteiger partial charge in [-0.2, -0.15) is 5.10 Å². The number of nitrogens with zero attached hydrogens (tertiary/aromatic N) is 2. The maximum Gasteiger partial charge on any atom is 0.0654 e. The second kappa shape index (κ2) is 5.52. The van der Waals surface area contributed by atoms with Crippen molar-refractivity contribution in [2.75, 3.05) is 26.3 Å². The van der Waals surface area contributed by atoms with Crippen molar-refractivity contribution in [3.63, 3.8) is 0 Å². The van der Waals surface area contributed by atoms with Gasteiger partial charge in [0.25, 0.3) is 0 Å². The van der Waals surface area contributed by atoms with E-state index < -0.39 is 0 Å². The van der Waals surface area contributed by atoms with E-state index in [1.54, 1.807) is 0 Å². The lowest BCUT2D eigenvalue weighted by Gasteiger charge is -2.42. The van der Waals surface area contributed by atoms with Gasteiger partial charge in [-0.3, -0.25) is 10.00 Å². The van der Waals surface area contributed by atoms with Crippen LogP contribution in [-0.2, 0) is 4.74 Å². The monoisotopic (exact) mass is 319 g/mol. The number of benzene rings is 1. The van der Waals surface area contributed by atoms with Gasteiger partial charge in [-0.15, -0.1) is 0 Å². The van der Waals surface area contributed by atoms with E-state index in [9.17, 15) is 0 Å². The van der Waals surface area contributed by atoms with E-state index in [1.807, 2.05) is 12.3 Å². The number of ether oxygens (including phenoxy) is 1. The first kappa shape index (κ1) is 14.5. The third-order valence-corrected chi connectivity index (χ3v) is 5.78. The third kappa shape index (κ3) is 2.43. The number of nitrogens with one attached hydrogen (secondary N) is 1. The summed E-state index contributed by atoms with van der Waals surface area (Å²) >= 11 is 6.51. The van der Waals surface area contributed by atoms with Crippen LogP contribution in [0.25, 0.3) is 10.9 Å². The van der Waals surface area contributed by atoms with Crippen LogP contribution in [0.15, 0.2) is 18.3 Å². The molecule has 22 heavy (non-hydrogen) atoms. The van der Waals surface area contributed by atoms with Crippen LogP contribution in [0, 0.1) is 0 Å². The van der Waals surface area contributed by atoms with Crippen molar-refractivity contribution in [2.24, 2.45) is 0 Å². The number of aromatic amines is 1. The fourth-order valence-electron chi connectivity index (χ4n) is 3.93. The normalized spacial score (nSPS) is 27.7. The first-order chi connectivity index (χ1) is 10.7. The molecule has 3 heterocycles. The minimum absolute atomic E-state index is 0.238. The number of hydrogen-bond donors (Lipinski definition) is 1. The highest BCUT2D eigenvalue weighted by Gasteiger charge is 2.38. The van der Waals surface area contributed by atoms with E-state index in [4.69, 9.17) is 16.3 Å². The van der Waals surface area contributed by atoms with Gasteiger partial charge in [-0.1, -0.05) is 11.6 Å². The Kier molecular flexibility index (Phi) is 3.63. The number of aromatic nitrogens is 2. The molecule has 2 aliphatic rings. The summed E-state index contributed by atoms with van der Waals surface area (Å²) in [6, 6.07) is 4.22. The van der Waals surface area contributed by atoms with Gasteiger partial charge < -0.3 is 4.74 Å². The van der Waals surface area contributed by atoms with E-state index >= 15 is 0 Å². The van der Waals surface area contributed by atoms with Gasteiger partial charge in [0.15, 0.2) is 0 Å². The second-order valence-electron chi connectivity index (χ2n) is 6.89. The number of fused-ring (bicyclic) bond motifs is 1. The average molecular weight is 320 g/mol. The minimum Gasteiger partial charge on any atom is -0.379 e. The summed E-state index contributed by atoms with van der Waals surface area (Å²) < 4.78 is 5.61. The van der Waals surface area contributed by atoms with Crippen LogP contribution in [-0.4, -0.2) is 46.9 Å². The molecule has 0 radical (unpaired) electrons. The minimum atomic E-state index is 0.238. The zero-order valence-corrected chi connectivity index (χ0v) is 13.7. The summed E-state index contributed by atoms with van der Waals surface area (Å²) in [7, 11) is 0. The van der Waals surface area contributed by atoms with Crippen LogP contribution in [0.3, 0.4) is 0 Å². The fraction of sp³-hybridized carbons (Fsp3) is 0.588. The Labute approximate surface area is 135 Å². The topological polar surface area (TPSA) is 41.2 Å². The van der Waals surface area contributed by atoms with E-state index in [0.29, 0.717) is 5.92 Å². The lowest BCUT2D eigenvalue weighted by atomic mass is 9.86. The highest BCUT2D eigenvalue weighted by Crippen LogP contribution is 2.37. The molecule has 4 rings (SSSR count). The molecule has 0 aliphatic carbocycles. The van der Waals surface area contributed by atoms with Crippen molar-refractivity contribution in [1.82, 2.24) is 15.1 Å². The van der Waals surface area contributed by atoms with Crippen molar-refractivity contribution in [3.8, 4) is 0 Å². The molecule has 5 heteroatoms. The molecule has 0 saturated carbocycles. The molecule has 1 aromatic heterocycles. The molecule has 2 fully saturated rings. The zero-order valence-electron chi connectivity index (χ0n) is 12.9. The predicted molar refractivity (Wildman–Crippen MR) is 88.5 cm³/mol. The molecule has 4 nitrogen and oxygen atoms in total.